The summed E-state index contributed by atoms with van der Waals surface area (Å²) in [5, 5.41) is 9.24. The summed E-state index contributed by atoms with van der Waals surface area (Å²) in [5.74, 6) is 0.992. The Morgan fingerprint density at radius 1 is 0.850 bits per heavy atom. The van der Waals surface area contributed by atoms with Gasteiger partial charge < -0.3 is 19.3 Å². The molecule has 0 aromatic rings. The second-order valence-electron chi connectivity index (χ2n) is 5.66. The summed E-state index contributed by atoms with van der Waals surface area (Å²) in [5.41, 5.74) is 0. The Hall–Kier alpha value is -0.160. The molecule has 0 bridgehead atoms. The van der Waals surface area contributed by atoms with Crippen molar-refractivity contribution in [3.8, 4) is 0 Å². The number of ether oxygens (including phenoxy) is 3. The molecular formula is C16H34O4. The summed E-state index contributed by atoms with van der Waals surface area (Å²) in [6.45, 7) is 10.8. The molecule has 0 amide bonds. The smallest absolute Gasteiger partial charge is 0.0701 e. The molecule has 0 heterocycles. The maximum Gasteiger partial charge on any atom is 0.0701 e. The molecule has 1 atom stereocenters. The number of aliphatic hydroxyl groups is 1. The molecule has 1 N–H and O–H groups in total. The van der Waals surface area contributed by atoms with Crippen LogP contribution in [0.1, 0.15) is 46.5 Å². The van der Waals surface area contributed by atoms with Gasteiger partial charge in [0.15, 0.2) is 0 Å². The van der Waals surface area contributed by atoms with E-state index in [1.54, 1.807) is 0 Å². The lowest BCUT2D eigenvalue weighted by Crippen LogP contribution is -2.14. The fourth-order valence-corrected chi connectivity index (χ4v) is 1.99. The van der Waals surface area contributed by atoms with E-state index in [-0.39, 0.29) is 6.61 Å². The summed E-state index contributed by atoms with van der Waals surface area (Å²) in [4.78, 5) is 0. The molecule has 122 valence electrons. The standard InChI is InChI=1S/C16H34O4/c1-4-5-7-18-9-11-20-12-10-19-8-6-16(14-17)13-15(2)3/h15-17H,4-14H2,1-3H3. The van der Waals surface area contributed by atoms with Gasteiger partial charge in [-0.1, -0.05) is 27.2 Å². The Balaban J connectivity index is 3.19. The molecular weight excluding hydrogens is 256 g/mol. The molecule has 4 heteroatoms. The van der Waals surface area contributed by atoms with Gasteiger partial charge in [0, 0.05) is 19.8 Å². The van der Waals surface area contributed by atoms with E-state index in [2.05, 4.69) is 20.8 Å². The second kappa shape index (κ2) is 15.2. The van der Waals surface area contributed by atoms with Crippen molar-refractivity contribution in [2.24, 2.45) is 11.8 Å². The molecule has 0 radical (unpaired) electrons. The van der Waals surface area contributed by atoms with E-state index in [1.165, 1.54) is 6.42 Å². The van der Waals surface area contributed by atoms with Crippen molar-refractivity contribution in [3.05, 3.63) is 0 Å². The van der Waals surface area contributed by atoms with Gasteiger partial charge in [0.1, 0.15) is 0 Å². The van der Waals surface area contributed by atoms with Crippen LogP contribution in [0.3, 0.4) is 0 Å². The van der Waals surface area contributed by atoms with Crippen LogP contribution in [0.15, 0.2) is 0 Å². The average molecular weight is 290 g/mol. The third-order valence-corrected chi connectivity index (χ3v) is 3.12. The predicted octanol–water partition coefficient (Wildman–Crippen LogP) is 2.88. The summed E-state index contributed by atoms with van der Waals surface area (Å²) < 4.78 is 16.3. The Morgan fingerprint density at radius 3 is 1.90 bits per heavy atom. The summed E-state index contributed by atoms with van der Waals surface area (Å²) in [6.07, 6.45) is 4.27. The molecule has 0 aliphatic heterocycles. The monoisotopic (exact) mass is 290 g/mol. The van der Waals surface area contributed by atoms with Crippen molar-refractivity contribution in [3.63, 3.8) is 0 Å². The lowest BCUT2D eigenvalue weighted by Gasteiger charge is -2.16. The molecule has 0 spiro atoms. The lowest BCUT2D eigenvalue weighted by molar-refractivity contribution is 0.0101. The van der Waals surface area contributed by atoms with Crippen LogP contribution in [-0.4, -0.2) is 51.4 Å². The van der Waals surface area contributed by atoms with Gasteiger partial charge in [-0.05, 0) is 31.1 Å². The van der Waals surface area contributed by atoms with Crippen LogP contribution in [0, 0.1) is 11.8 Å². The minimum atomic E-state index is 0.257. The Morgan fingerprint density at radius 2 is 1.40 bits per heavy atom. The molecule has 4 nitrogen and oxygen atoms in total. The first-order chi connectivity index (χ1) is 9.70. The van der Waals surface area contributed by atoms with Crippen molar-refractivity contribution in [2.45, 2.75) is 46.5 Å². The zero-order valence-electron chi connectivity index (χ0n) is 13.6. The lowest BCUT2D eigenvalue weighted by atomic mass is 9.95. The maximum atomic E-state index is 9.24. The van der Waals surface area contributed by atoms with Crippen molar-refractivity contribution in [1.29, 1.82) is 0 Å². The van der Waals surface area contributed by atoms with Crippen LogP contribution >= 0.6 is 0 Å². The van der Waals surface area contributed by atoms with Crippen molar-refractivity contribution in [2.75, 3.05) is 46.2 Å². The first-order valence-electron chi connectivity index (χ1n) is 8.04. The van der Waals surface area contributed by atoms with E-state index in [9.17, 15) is 5.11 Å². The van der Waals surface area contributed by atoms with Crippen molar-refractivity contribution < 1.29 is 19.3 Å². The van der Waals surface area contributed by atoms with Crippen molar-refractivity contribution in [1.82, 2.24) is 0 Å². The van der Waals surface area contributed by atoms with E-state index in [1.807, 2.05) is 0 Å². The minimum absolute atomic E-state index is 0.257. The number of hydrogen-bond donors (Lipinski definition) is 1. The van der Waals surface area contributed by atoms with E-state index in [0.717, 1.165) is 25.9 Å². The van der Waals surface area contributed by atoms with Gasteiger partial charge in [-0.25, -0.2) is 0 Å². The SMILES string of the molecule is CCCCOCCOCCOCCC(CO)CC(C)C. The molecule has 0 fully saturated rings. The summed E-state index contributed by atoms with van der Waals surface area (Å²) in [6, 6.07) is 0. The molecule has 0 aromatic carbocycles. The normalized spacial score (nSPS) is 13.1. The Labute approximate surface area is 124 Å². The number of rotatable bonds is 15. The first-order valence-corrected chi connectivity index (χ1v) is 8.04. The topological polar surface area (TPSA) is 47.9 Å². The van der Waals surface area contributed by atoms with E-state index in [0.29, 0.717) is 44.9 Å². The fraction of sp³-hybridized carbons (Fsp3) is 1.00. The largest absolute Gasteiger partial charge is 0.396 e. The highest BCUT2D eigenvalue weighted by Crippen LogP contribution is 2.14. The quantitative estimate of drug-likeness (QED) is 0.471. The van der Waals surface area contributed by atoms with Crippen LogP contribution in [0.25, 0.3) is 0 Å². The van der Waals surface area contributed by atoms with Crippen LogP contribution in [0.2, 0.25) is 0 Å². The average Bonchev–Trinajstić information content (AvgIpc) is 2.43. The zero-order chi connectivity index (χ0) is 15.1. The van der Waals surface area contributed by atoms with E-state index >= 15 is 0 Å². The van der Waals surface area contributed by atoms with E-state index in [4.69, 9.17) is 14.2 Å². The first kappa shape index (κ1) is 19.8. The van der Waals surface area contributed by atoms with Gasteiger partial charge in [0.25, 0.3) is 0 Å². The zero-order valence-corrected chi connectivity index (χ0v) is 13.6. The van der Waals surface area contributed by atoms with Gasteiger partial charge in [-0.2, -0.15) is 0 Å². The predicted molar refractivity (Wildman–Crippen MR) is 82.0 cm³/mol. The highest BCUT2D eigenvalue weighted by molar-refractivity contribution is 4.59. The third-order valence-electron chi connectivity index (χ3n) is 3.12. The Kier molecular flexibility index (Phi) is 15.1. The molecule has 0 aliphatic carbocycles. The van der Waals surface area contributed by atoms with Crippen LogP contribution in [0.5, 0.6) is 0 Å². The minimum Gasteiger partial charge on any atom is -0.396 e. The summed E-state index contributed by atoms with van der Waals surface area (Å²) >= 11 is 0. The molecule has 0 aromatic heterocycles. The third kappa shape index (κ3) is 14.3. The number of hydrogen-bond acceptors (Lipinski definition) is 4. The molecule has 0 aliphatic rings. The van der Waals surface area contributed by atoms with Gasteiger partial charge in [-0.15, -0.1) is 0 Å². The maximum absolute atomic E-state index is 9.24. The number of aliphatic hydroxyl groups excluding tert-OH is 1. The van der Waals surface area contributed by atoms with Crippen LogP contribution in [-0.2, 0) is 14.2 Å². The van der Waals surface area contributed by atoms with Gasteiger partial charge >= 0.3 is 0 Å². The molecule has 0 rings (SSSR count). The Bertz CT molecular complexity index is 185. The van der Waals surface area contributed by atoms with E-state index < -0.39 is 0 Å². The molecule has 1 unspecified atom stereocenters. The van der Waals surface area contributed by atoms with Gasteiger partial charge in [0.05, 0.1) is 26.4 Å². The highest BCUT2D eigenvalue weighted by Gasteiger charge is 2.09. The van der Waals surface area contributed by atoms with Crippen molar-refractivity contribution >= 4 is 0 Å². The number of unbranched alkanes of at least 4 members (excludes halogenated alkanes) is 1. The summed E-state index contributed by atoms with van der Waals surface area (Å²) in [7, 11) is 0. The molecule has 0 saturated carbocycles. The van der Waals surface area contributed by atoms with Crippen LogP contribution < -0.4 is 0 Å². The molecule has 20 heavy (non-hydrogen) atoms. The fourth-order valence-electron chi connectivity index (χ4n) is 1.99. The molecule has 0 saturated heterocycles. The van der Waals surface area contributed by atoms with Crippen LogP contribution in [0.4, 0.5) is 0 Å². The van der Waals surface area contributed by atoms with Gasteiger partial charge in [-0.3, -0.25) is 0 Å². The van der Waals surface area contributed by atoms with Gasteiger partial charge in [0.2, 0.25) is 0 Å². The highest BCUT2D eigenvalue weighted by atomic mass is 16.5. The second-order valence-corrected chi connectivity index (χ2v) is 5.66.